The predicted molar refractivity (Wildman–Crippen MR) is 90.3 cm³/mol. The van der Waals surface area contributed by atoms with Crippen LogP contribution in [0.5, 0.6) is 0 Å². The molecule has 2 aliphatic heterocycles. The largest absolute Gasteiger partial charge is 0.370 e. The van der Waals surface area contributed by atoms with Gasteiger partial charge in [-0.1, -0.05) is 42.5 Å². The molecule has 5 heteroatoms. The highest BCUT2D eigenvalue weighted by Crippen LogP contribution is 2.22. The van der Waals surface area contributed by atoms with Gasteiger partial charge in [-0.15, -0.1) is 0 Å². The lowest BCUT2D eigenvalue weighted by molar-refractivity contribution is -0.148. The first-order valence-corrected chi connectivity index (χ1v) is 8.37. The van der Waals surface area contributed by atoms with E-state index in [9.17, 15) is 9.59 Å². The topological polar surface area (TPSA) is 58.6 Å². The van der Waals surface area contributed by atoms with Gasteiger partial charge in [0.15, 0.2) is 0 Å². The number of fused-ring (bicyclic) bond motifs is 1. The average molecular weight is 324 g/mol. The summed E-state index contributed by atoms with van der Waals surface area (Å²) >= 11 is 0. The fourth-order valence-electron chi connectivity index (χ4n) is 3.37. The molecule has 0 aromatic heterocycles. The Morgan fingerprint density at radius 1 is 1.17 bits per heavy atom. The van der Waals surface area contributed by atoms with E-state index in [1.807, 2.05) is 18.2 Å². The SMILES string of the molecule is O=C1CCC(C(=O)N2CC(OCc3cccc4ccccc34)C2)N1. The molecule has 1 atom stereocenters. The van der Waals surface area contributed by atoms with E-state index in [1.54, 1.807) is 4.90 Å². The minimum absolute atomic E-state index is 0.0193. The monoisotopic (exact) mass is 324 g/mol. The lowest BCUT2D eigenvalue weighted by atomic mass is 10.0. The number of hydrogen-bond donors (Lipinski definition) is 1. The van der Waals surface area contributed by atoms with Crippen LogP contribution in [0, 0.1) is 0 Å². The summed E-state index contributed by atoms with van der Waals surface area (Å²) in [6.07, 6.45) is 1.13. The van der Waals surface area contributed by atoms with Gasteiger partial charge in [0.2, 0.25) is 11.8 Å². The Hall–Kier alpha value is -2.40. The molecule has 2 saturated heterocycles. The fraction of sp³-hybridized carbons (Fsp3) is 0.368. The van der Waals surface area contributed by atoms with E-state index in [1.165, 1.54) is 16.3 Å². The van der Waals surface area contributed by atoms with Crippen LogP contribution in [0.2, 0.25) is 0 Å². The summed E-state index contributed by atoms with van der Waals surface area (Å²) in [6.45, 7) is 1.76. The zero-order valence-corrected chi connectivity index (χ0v) is 13.4. The summed E-state index contributed by atoms with van der Waals surface area (Å²) in [6, 6.07) is 14.1. The van der Waals surface area contributed by atoms with Crippen LogP contribution >= 0.6 is 0 Å². The van der Waals surface area contributed by atoms with Gasteiger partial charge in [0.05, 0.1) is 12.7 Å². The van der Waals surface area contributed by atoms with Crippen molar-refractivity contribution in [3.63, 3.8) is 0 Å². The van der Waals surface area contributed by atoms with E-state index in [4.69, 9.17) is 4.74 Å². The first kappa shape index (κ1) is 15.1. The molecular formula is C19H20N2O3. The minimum Gasteiger partial charge on any atom is -0.370 e. The summed E-state index contributed by atoms with van der Waals surface area (Å²) in [4.78, 5) is 25.2. The van der Waals surface area contributed by atoms with Crippen LogP contribution in [0.25, 0.3) is 10.8 Å². The van der Waals surface area contributed by atoms with E-state index >= 15 is 0 Å². The van der Waals surface area contributed by atoms with Crippen LogP contribution in [0.15, 0.2) is 42.5 Å². The van der Waals surface area contributed by atoms with Crippen molar-refractivity contribution in [2.75, 3.05) is 13.1 Å². The van der Waals surface area contributed by atoms with Gasteiger partial charge >= 0.3 is 0 Å². The molecule has 1 N–H and O–H groups in total. The molecule has 2 amide bonds. The molecule has 0 radical (unpaired) electrons. The highest BCUT2D eigenvalue weighted by atomic mass is 16.5. The Morgan fingerprint density at radius 3 is 2.75 bits per heavy atom. The second-order valence-corrected chi connectivity index (χ2v) is 6.47. The average Bonchev–Trinajstić information content (AvgIpc) is 3.00. The molecule has 0 aliphatic carbocycles. The summed E-state index contributed by atoms with van der Waals surface area (Å²) in [7, 11) is 0. The van der Waals surface area contributed by atoms with Crippen LogP contribution in [0.3, 0.4) is 0 Å². The fourth-order valence-corrected chi connectivity index (χ4v) is 3.37. The smallest absolute Gasteiger partial charge is 0.245 e. The zero-order chi connectivity index (χ0) is 16.5. The third-order valence-corrected chi connectivity index (χ3v) is 4.81. The number of nitrogens with zero attached hydrogens (tertiary/aromatic N) is 1. The Bertz CT molecular complexity index is 778. The molecule has 1 unspecified atom stereocenters. The third-order valence-electron chi connectivity index (χ3n) is 4.81. The van der Waals surface area contributed by atoms with Gasteiger partial charge in [-0.25, -0.2) is 0 Å². The maximum absolute atomic E-state index is 12.2. The van der Waals surface area contributed by atoms with Gasteiger partial charge in [-0.05, 0) is 22.8 Å². The summed E-state index contributed by atoms with van der Waals surface area (Å²) in [5.74, 6) is -0.0107. The van der Waals surface area contributed by atoms with Crippen molar-refractivity contribution in [2.24, 2.45) is 0 Å². The Kier molecular flexibility index (Phi) is 3.94. The van der Waals surface area contributed by atoms with Gasteiger partial charge in [-0.2, -0.15) is 0 Å². The summed E-state index contributed by atoms with van der Waals surface area (Å²) < 4.78 is 5.96. The molecule has 0 spiro atoms. The number of hydrogen-bond acceptors (Lipinski definition) is 3. The number of nitrogens with one attached hydrogen (secondary N) is 1. The van der Waals surface area contributed by atoms with Crippen LogP contribution in [0.4, 0.5) is 0 Å². The molecule has 5 nitrogen and oxygen atoms in total. The summed E-state index contributed by atoms with van der Waals surface area (Å²) in [5.41, 5.74) is 1.17. The van der Waals surface area contributed by atoms with Crippen molar-refractivity contribution in [3.8, 4) is 0 Å². The molecule has 2 fully saturated rings. The van der Waals surface area contributed by atoms with E-state index in [2.05, 4.69) is 29.6 Å². The third kappa shape index (κ3) is 2.87. The predicted octanol–water partition coefficient (Wildman–Crippen LogP) is 1.85. The molecule has 0 saturated carbocycles. The maximum atomic E-state index is 12.2. The maximum Gasteiger partial charge on any atom is 0.245 e. The first-order chi connectivity index (χ1) is 11.7. The van der Waals surface area contributed by atoms with E-state index in [0.29, 0.717) is 32.5 Å². The molecule has 24 heavy (non-hydrogen) atoms. The molecule has 0 bridgehead atoms. The number of benzene rings is 2. The van der Waals surface area contributed by atoms with Gasteiger partial charge in [-0.3, -0.25) is 9.59 Å². The van der Waals surface area contributed by atoms with E-state index in [0.717, 1.165) is 0 Å². The molecule has 4 rings (SSSR count). The standard InChI is InChI=1S/C19H20N2O3/c22-18-9-8-17(20-18)19(23)21-10-15(11-21)24-12-14-6-3-5-13-4-1-2-7-16(13)14/h1-7,15,17H,8-12H2,(H,20,22). The van der Waals surface area contributed by atoms with Crippen molar-refractivity contribution in [3.05, 3.63) is 48.0 Å². The minimum atomic E-state index is -0.337. The second kappa shape index (κ2) is 6.24. The Balaban J connectivity index is 1.31. The second-order valence-electron chi connectivity index (χ2n) is 6.47. The summed E-state index contributed by atoms with van der Waals surface area (Å²) in [5, 5.41) is 5.14. The number of rotatable bonds is 4. The quantitative estimate of drug-likeness (QED) is 0.934. The number of likely N-dealkylation sites (tertiary alicyclic amines) is 1. The first-order valence-electron chi connectivity index (χ1n) is 8.37. The van der Waals surface area contributed by atoms with Crippen molar-refractivity contribution in [1.82, 2.24) is 10.2 Å². The normalized spacial score (nSPS) is 20.9. The van der Waals surface area contributed by atoms with Gasteiger partial charge in [0, 0.05) is 19.5 Å². The van der Waals surface area contributed by atoms with Crippen molar-refractivity contribution in [1.29, 1.82) is 0 Å². The molecule has 2 aromatic rings. The van der Waals surface area contributed by atoms with E-state index < -0.39 is 0 Å². The molecular weight excluding hydrogens is 304 g/mol. The van der Waals surface area contributed by atoms with Crippen molar-refractivity contribution < 1.29 is 14.3 Å². The Labute approximate surface area is 140 Å². The van der Waals surface area contributed by atoms with Crippen LogP contribution in [-0.2, 0) is 20.9 Å². The molecule has 124 valence electrons. The van der Waals surface area contributed by atoms with Gasteiger partial charge in [0.25, 0.3) is 0 Å². The highest BCUT2D eigenvalue weighted by molar-refractivity contribution is 5.91. The van der Waals surface area contributed by atoms with Crippen molar-refractivity contribution in [2.45, 2.75) is 31.6 Å². The highest BCUT2D eigenvalue weighted by Gasteiger charge is 2.37. The van der Waals surface area contributed by atoms with Crippen LogP contribution < -0.4 is 5.32 Å². The lowest BCUT2D eigenvalue weighted by Crippen LogP contribution is -2.58. The van der Waals surface area contributed by atoms with Gasteiger partial charge < -0.3 is 15.0 Å². The number of carbonyl (C=O) groups is 2. The number of carbonyl (C=O) groups excluding carboxylic acids is 2. The molecule has 2 aliphatic rings. The van der Waals surface area contributed by atoms with E-state index in [-0.39, 0.29) is 24.0 Å². The number of ether oxygens (including phenoxy) is 1. The van der Waals surface area contributed by atoms with Crippen molar-refractivity contribution >= 4 is 22.6 Å². The van der Waals surface area contributed by atoms with Crippen LogP contribution in [0.1, 0.15) is 18.4 Å². The van der Waals surface area contributed by atoms with Gasteiger partial charge in [0.1, 0.15) is 6.04 Å². The zero-order valence-electron chi connectivity index (χ0n) is 13.4. The molecule has 2 aromatic carbocycles. The Morgan fingerprint density at radius 2 is 1.96 bits per heavy atom. The molecule has 2 heterocycles. The lowest BCUT2D eigenvalue weighted by Gasteiger charge is -2.40. The number of amides is 2. The van der Waals surface area contributed by atoms with Crippen LogP contribution in [-0.4, -0.2) is 41.9 Å².